The summed E-state index contributed by atoms with van der Waals surface area (Å²) in [6.07, 6.45) is 1.71. The predicted molar refractivity (Wildman–Crippen MR) is 52.3 cm³/mol. The molecule has 0 N–H and O–H groups in total. The minimum Gasteiger partial charge on any atom is -0.207 e. The molecule has 14 heavy (non-hydrogen) atoms. The normalized spacial score (nSPS) is 20.2. The Labute approximate surface area is 82.9 Å². The number of hydrogen-bond acceptors (Lipinski definition) is 0. The van der Waals surface area contributed by atoms with E-state index in [1.807, 2.05) is 0 Å². The molecule has 1 aliphatic carbocycles. The van der Waals surface area contributed by atoms with E-state index < -0.39 is 5.82 Å². The fourth-order valence-corrected chi connectivity index (χ4v) is 2.37. The van der Waals surface area contributed by atoms with Crippen LogP contribution in [0.1, 0.15) is 37.3 Å². The van der Waals surface area contributed by atoms with E-state index in [1.54, 1.807) is 0 Å². The van der Waals surface area contributed by atoms with E-state index in [2.05, 4.69) is 13.8 Å². The fourth-order valence-electron chi connectivity index (χ4n) is 2.37. The van der Waals surface area contributed by atoms with Gasteiger partial charge in [0.1, 0.15) is 11.6 Å². The van der Waals surface area contributed by atoms with Gasteiger partial charge in [-0.1, -0.05) is 13.8 Å². The van der Waals surface area contributed by atoms with Crippen LogP contribution in [-0.2, 0) is 6.42 Å². The number of benzene rings is 1. The molecule has 76 valence electrons. The first-order valence-corrected chi connectivity index (χ1v) is 5.07. The molecular formula is C12H14F2. The van der Waals surface area contributed by atoms with Crippen molar-refractivity contribution in [3.05, 3.63) is 34.9 Å². The zero-order valence-corrected chi connectivity index (χ0v) is 8.48. The molecule has 0 aromatic heterocycles. The molecule has 0 fully saturated rings. The summed E-state index contributed by atoms with van der Waals surface area (Å²) in [4.78, 5) is 0. The quantitative estimate of drug-likeness (QED) is 0.643. The van der Waals surface area contributed by atoms with Crippen LogP contribution in [0.5, 0.6) is 0 Å². The van der Waals surface area contributed by atoms with Crippen LogP contribution in [0.4, 0.5) is 8.78 Å². The minimum absolute atomic E-state index is 0.329. The lowest BCUT2D eigenvalue weighted by Gasteiger charge is -2.15. The minimum atomic E-state index is -0.450. The van der Waals surface area contributed by atoms with Crippen LogP contribution in [-0.4, -0.2) is 0 Å². The van der Waals surface area contributed by atoms with Gasteiger partial charge in [-0.3, -0.25) is 0 Å². The van der Waals surface area contributed by atoms with Crippen LogP contribution in [0.3, 0.4) is 0 Å². The standard InChI is InChI=1S/C12H14F2/c1-7(2)9-3-4-10-11(9)5-8(13)6-12(10)14/h5-7,9H,3-4H2,1-2H3. The number of fused-ring (bicyclic) bond motifs is 1. The first-order chi connectivity index (χ1) is 6.59. The third kappa shape index (κ3) is 1.43. The van der Waals surface area contributed by atoms with Gasteiger partial charge in [-0.2, -0.15) is 0 Å². The highest BCUT2D eigenvalue weighted by Gasteiger charge is 2.27. The van der Waals surface area contributed by atoms with Gasteiger partial charge in [0.15, 0.2) is 0 Å². The van der Waals surface area contributed by atoms with Crippen molar-refractivity contribution < 1.29 is 8.78 Å². The van der Waals surface area contributed by atoms with Crippen molar-refractivity contribution in [1.29, 1.82) is 0 Å². The van der Waals surface area contributed by atoms with Gasteiger partial charge in [-0.25, -0.2) is 8.78 Å². The van der Waals surface area contributed by atoms with Gasteiger partial charge in [0.25, 0.3) is 0 Å². The Kier molecular flexibility index (Phi) is 2.30. The highest BCUT2D eigenvalue weighted by Crippen LogP contribution is 2.39. The molecule has 1 aromatic carbocycles. The maximum absolute atomic E-state index is 13.3. The third-order valence-electron chi connectivity index (χ3n) is 3.10. The molecule has 2 heteroatoms. The summed E-state index contributed by atoms with van der Waals surface area (Å²) >= 11 is 0. The summed E-state index contributed by atoms with van der Waals surface area (Å²) < 4.78 is 26.4. The van der Waals surface area contributed by atoms with E-state index in [1.165, 1.54) is 6.07 Å². The molecule has 1 aliphatic rings. The molecule has 0 saturated carbocycles. The van der Waals surface area contributed by atoms with Crippen LogP contribution < -0.4 is 0 Å². The lowest BCUT2D eigenvalue weighted by atomic mass is 9.90. The number of hydrogen-bond donors (Lipinski definition) is 0. The van der Waals surface area contributed by atoms with E-state index in [9.17, 15) is 8.78 Å². The highest BCUT2D eigenvalue weighted by atomic mass is 19.1. The van der Waals surface area contributed by atoms with Crippen LogP contribution in [0.2, 0.25) is 0 Å². The lowest BCUT2D eigenvalue weighted by Crippen LogP contribution is -2.03. The summed E-state index contributed by atoms with van der Waals surface area (Å²) in [5, 5.41) is 0. The number of rotatable bonds is 1. The summed E-state index contributed by atoms with van der Waals surface area (Å²) in [6.45, 7) is 4.20. The second-order valence-electron chi connectivity index (χ2n) is 4.34. The molecule has 0 saturated heterocycles. The monoisotopic (exact) mass is 196 g/mol. The van der Waals surface area contributed by atoms with Gasteiger partial charge in [-0.05, 0) is 41.9 Å². The smallest absolute Gasteiger partial charge is 0.129 e. The second-order valence-corrected chi connectivity index (χ2v) is 4.34. The number of halogens is 2. The van der Waals surface area contributed by atoms with Crippen LogP contribution in [0.15, 0.2) is 12.1 Å². The Morgan fingerprint density at radius 1 is 1.29 bits per heavy atom. The molecule has 2 rings (SSSR count). The second kappa shape index (κ2) is 3.34. The molecule has 0 radical (unpaired) electrons. The third-order valence-corrected chi connectivity index (χ3v) is 3.10. The Bertz CT molecular complexity index is 356. The highest BCUT2D eigenvalue weighted by molar-refractivity contribution is 5.37. The maximum Gasteiger partial charge on any atom is 0.129 e. The first-order valence-electron chi connectivity index (χ1n) is 5.07. The van der Waals surface area contributed by atoms with Crippen molar-refractivity contribution in [3.8, 4) is 0 Å². The van der Waals surface area contributed by atoms with E-state index in [0.717, 1.165) is 30.0 Å². The van der Waals surface area contributed by atoms with E-state index in [-0.39, 0.29) is 5.82 Å². The van der Waals surface area contributed by atoms with E-state index in [4.69, 9.17) is 0 Å². The topological polar surface area (TPSA) is 0 Å². The van der Waals surface area contributed by atoms with Gasteiger partial charge in [0.2, 0.25) is 0 Å². The maximum atomic E-state index is 13.3. The van der Waals surface area contributed by atoms with Crippen molar-refractivity contribution >= 4 is 0 Å². The van der Waals surface area contributed by atoms with Gasteiger partial charge in [0.05, 0.1) is 0 Å². The summed E-state index contributed by atoms with van der Waals surface area (Å²) in [5.41, 5.74) is 1.61. The van der Waals surface area contributed by atoms with Crippen molar-refractivity contribution in [1.82, 2.24) is 0 Å². The van der Waals surface area contributed by atoms with Gasteiger partial charge in [-0.15, -0.1) is 0 Å². The van der Waals surface area contributed by atoms with Crippen molar-refractivity contribution in [2.45, 2.75) is 32.6 Å². The molecule has 1 atom stereocenters. The Morgan fingerprint density at radius 3 is 2.64 bits per heavy atom. The van der Waals surface area contributed by atoms with Gasteiger partial charge in [0, 0.05) is 6.07 Å². The lowest BCUT2D eigenvalue weighted by molar-refractivity contribution is 0.493. The molecule has 1 aromatic rings. The van der Waals surface area contributed by atoms with E-state index >= 15 is 0 Å². The first kappa shape index (κ1) is 9.63. The van der Waals surface area contributed by atoms with Gasteiger partial charge >= 0.3 is 0 Å². The Balaban J connectivity index is 2.49. The molecule has 0 spiro atoms. The predicted octanol–water partition coefficient (Wildman–Crippen LogP) is 3.65. The summed E-state index contributed by atoms with van der Waals surface area (Å²) in [5.74, 6) is -0.0374. The zero-order chi connectivity index (χ0) is 10.3. The van der Waals surface area contributed by atoms with Crippen molar-refractivity contribution in [3.63, 3.8) is 0 Å². The van der Waals surface area contributed by atoms with E-state index in [0.29, 0.717) is 11.8 Å². The average Bonchev–Trinajstić information content (AvgIpc) is 2.47. The molecule has 0 bridgehead atoms. The van der Waals surface area contributed by atoms with Crippen molar-refractivity contribution in [2.24, 2.45) is 5.92 Å². The SMILES string of the molecule is CC(C)C1CCc2c(F)cc(F)cc21. The molecule has 0 aliphatic heterocycles. The Hall–Kier alpha value is -0.920. The molecule has 0 nitrogen and oxygen atoms in total. The fraction of sp³-hybridized carbons (Fsp3) is 0.500. The van der Waals surface area contributed by atoms with Crippen molar-refractivity contribution in [2.75, 3.05) is 0 Å². The average molecular weight is 196 g/mol. The Morgan fingerprint density at radius 2 is 2.00 bits per heavy atom. The van der Waals surface area contributed by atoms with Crippen LogP contribution in [0.25, 0.3) is 0 Å². The summed E-state index contributed by atoms with van der Waals surface area (Å²) in [6, 6.07) is 2.48. The van der Waals surface area contributed by atoms with Crippen LogP contribution in [0, 0.1) is 17.6 Å². The van der Waals surface area contributed by atoms with Gasteiger partial charge < -0.3 is 0 Å². The molecule has 0 heterocycles. The molecule has 0 amide bonds. The zero-order valence-electron chi connectivity index (χ0n) is 8.48. The largest absolute Gasteiger partial charge is 0.207 e. The molecule has 1 unspecified atom stereocenters. The molecular weight excluding hydrogens is 182 g/mol. The summed E-state index contributed by atoms with van der Waals surface area (Å²) in [7, 11) is 0. The van der Waals surface area contributed by atoms with Crippen LogP contribution >= 0.6 is 0 Å².